The summed E-state index contributed by atoms with van der Waals surface area (Å²) < 4.78 is 5.44. The van der Waals surface area contributed by atoms with E-state index < -0.39 is 0 Å². The molecule has 22 heavy (non-hydrogen) atoms. The van der Waals surface area contributed by atoms with Crippen molar-refractivity contribution in [2.45, 2.75) is 33.2 Å². The van der Waals surface area contributed by atoms with Crippen LogP contribution in [-0.2, 0) is 11.2 Å². The van der Waals surface area contributed by atoms with E-state index >= 15 is 0 Å². The Kier molecular flexibility index (Phi) is 4.80. The molecule has 2 unspecified atom stereocenters. The second-order valence-corrected chi connectivity index (χ2v) is 7.36. The molecule has 122 valence electrons. The van der Waals surface area contributed by atoms with Crippen molar-refractivity contribution in [3.05, 3.63) is 15.6 Å². The minimum atomic E-state index is 0.164. The van der Waals surface area contributed by atoms with Crippen molar-refractivity contribution in [3.63, 3.8) is 0 Å². The number of hydrogen-bond donors (Lipinski definition) is 0. The van der Waals surface area contributed by atoms with Crippen LogP contribution in [0.1, 0.15) is 34.2 Å². The lowest BCUT2D eigenvalue weighted by atomic mass is 10.0. The molecule has 2 aliphatic rings. The van der Waals surface area contributed by atoms with Gasteiger partial charge < -0.3 is 9.64 Å². The Bertz CT molecular complexity index is 539. The molecule has 0 spiro atoms. The van der Waals surface area contributed by atoms with E-state index in [1.54, 1.807) is 11.3 Å². The zero-order chi connectivity index (χ0) is 15.7. The largest absolute Gasteiger partial charge is 0.379 e. The normalized spacial score (nSPS) is 26.6. The number of rotatable bonds is 3. The molecule has 2 aliphatic heterocycles. The first-order valence-electron chi connectivity index (χ1n) is 8.17. The summed E-state index contributed by atoms with van der Waals surface area (Å²) >= 11 is 1.56. The van der Waals surface area contributed by atoms with Gasteiger partial charge in [0.2, 0.25) is 0 Å². The number of nitrogens with zero attached hydrogens (tertiary/aromatic N) is 3. The minimum absolute atomic E-state index is 0.164. The molecule has 0 aliphatic carbocycles. The van der Waals surface area contributed by atoms with Gasteiger partial charge in [0.1, 0.15) is 4.88 Å². The van der Waals surface area contributed by atoms with Gasteiger partial charge in [0.15, 0.2) is 0 Å². The lowest BCUT2D eigenvalue weighted by Gasteiger charge is -2.33. The number of thiazole rings is 1. The molecule has 3 heterocycles. The molecule has 0 saturated carbocycles. The standard InChI is InChI=1S/C16H25N3O2S/c1-4-14-17-12(3)15(22-14)16(20)19-9-11(2)13(10-19)18-5-7-21-8-6-18/h11,13H,4-10H2,1-3H3. The van der Waals surface area contributed by atoms with Crippen LogP contribution in [0, 0.1) is 12.8 Å². The molecule has 0 N–H and O–H groups in total. The highest BCUT2D eigenvalue weighted by molar-refractivity contribution is 7.13. The number of ether oxygens (including phenoxy) is 1. The van der Waals surface area contributed by atoms with Gasteiger partial charge in [-0.05, 0) is 19.3 Å². The zero-order valence-electron chi connectivity index (χ0n) is 13.7. The van der Waals surface area contributed by atoms with E-state index in [2.05, 4.69) is 23.7 Å². The van der Waals surface area contributed by atoms with E-state index in [0.29, 0.717) is 12.0 Å². The van der Waals surface area contributed by atoms with Gasteiger partial charge in [-0.3, -0.25) is 9.69 Å². The van der Waals surface area contributed by atoms with Gasteiger partial charge in [-0.2, -0.15) is 0 Å². The van der Waals surface area contributed by atoms with Crippen LogP contribution < -0.4 is 0 Å². The van der Waals surface area contributed by atoms with Crippen LogP contribution in [0.25, 0.3) is 0 Å². The van der Waals surface area contributed by atoms with Gasteiger partial charge in [0.25, 0.3) is 5.91 Å². The topological polar surface area (TPSA) is 45.7 Å². The number of morpholine rings is 1. The van der Waals surface area contributed by atoms with Crippen LogP contribution in [0.4, 0.5) is 0 Å². The van der Waals surface area contributed by atoms with Crippen molar-refractivity contribution >= 4 is 17.2 Å². The molecule has 1 aromatic heterocycles. The predicted octanol–water partition coefficient (Wildman–Crippen LogP) is 1.81. The lowest BCUT2D eigenvalue weighted by molar-refractivity contribution is 0.0119. The highest BCUT2D eigenvalue weighted by Crippen LogP contribution is 2.27. The van der Waals surface area contributed by atoms with Crippen molar-refractivity contribution in [2.75, 3.05) is 39.4 Å². The maximum atomic E-state index is 12.8. The Morgan fingerprint density at radius 2 is 2.09 bits per heavy atom. The maximum Gasteiger partial charge on any atom is 0.265 e. The van der Waals surface area contributed by atoms with Gasteiger partial charge in [-0.25, -0.2) is 4.98 Å². The average molecular weight is 323 g/mol. The first kappa shape index (κ1) is 15.9. The quantitative estimate of drug-likeness (QED) is 0.851. The molecule has 0 bridgehead atoms. The smallest absolute Gasteiger partial charge is 0.265 e. The number of likely N-dealkylation sites (tertiary alicyclic amines) is 1. The van der Waals surface area contributed by atoms with Gasteiger partial charge in [0.05, 0.1) is 23.9 Å². The van der Waals surface area contributed by atoms with E-state index in [9.17, 15) is 4.79 Å². The molecule has 1 amide bonds. The van der Waals surface area contributed by atoms with E-state index in [4.69, 9.17) is 4.74 Å². The molecule has 5 nitrogen and oxygen atoms in total. The fourth-order valence-electron chi connectivity index (χ4n) is 3.45. The Balaban J connectivity index is 1.70. The third kappa shape index (κ3) is 3.05. The molecule has 2 saturated heterocycles. The number of aromatic nitrogens is 1. The molecule has 3 rings (SSSR count). The molecule has 2 atom stereocenters. The molecule has 1 aromatic rings. The van der Waals surface area contributed by atoms with E-state index in [1.165, 1.54) is 0 Å². The number of hydrogen-bond acceptors (Lipinski definition) is 5. The molecule has 0 radical (unpaired) electrons. The first-order valence-corrected chi connectivity index (χ1v) is 8.99. The highest BCUT2D eigenvalue weighted by atomic mass is 32.1. The molecular weight excluding hydrogens is 298 g/mol. The van der Waals surface area contributed by atoms with Crippen molar-refractivity contribution < 1.29 is 9.53 Å². The Labute approximate surface area is 136 Å². The fourth-order valence-corrected chi connectivity index (χ4v) is 4.42. The molecule has 2 fully saturated rings. The summed E-state index contributed by atoms with van der Waals surface area (Å²) in [6.45, 7) is 11.5. The van der Waals surface area contributed by atoms with Crippen molar-refractivity contribution in [1.82, 2.24) is 14.8 Å². The van der Waals surface area contributed by atoms with Crippen molar-refractivity contribution in [2.24, 2.45) is 5.92 Å². The monoisotopic (exact) mass is 323 g/mol. The van der Waals surface area contributed by atoms with Crippen LogP contribution in [0.15, 0.2) is 0 Å². The van der Waals surface area contributed by atoms with Gasteiger partial charge >= 0.3 is 0 Å². The number of amides is 1. The second kappa shape index (κ2) is 6.64. The second-order valence-electron chi connectivity index (χ2n) is 6.28. The Morgan fingerprint density at radius 3 is 2.73 bits per heavy atom. The zero-order valence-corrected chi connectivity index (χ0v) is 14.5. The third-order valence-electron chi connectivity index (χ3n) is 4.71. The molecule has 0 aromatic carbocycles. The summed E-state index contributed by atoms with van der Waals surface area (Å²) in [5, 5.41) is 1.05. The molecule has 6 heteroatoms. The fraction of sp³-hybridized carbons (Fsp3) is 0.750. The minimum Gasteiger partial charge on any atom is -0.379 e. The van der Waals surface area contributed by atoms with E-state index in [-0.39, 0.29) is 5.91 Å². The van der Waals surface area contributed by atoms with Crippen molar-refractivity contribution in [1.29, 1.82) is 0 Å². The number of aryl methyl sites for hydroxylation is 2. The van der Waals surface area contributed by atoms with Crippen LogP contribution in [-0.4, -0.2) is 66.1 Å². The lowest BCUT2D eigenvalue weighted by Crippen LogP contribution is -2.47. The van der Waals surface area contributed by atoms with Gasteiger partial charge in [0, 0.05) is 32.2 Å². The molecular formula is C16H25N3O2S. The summed E-state index contributed by atoms with van der Waals surface area (Å²) in [6, 6.07) is 0.465. The summed E-state index contributed by atoms with van der Waals surface area (Å²) in [7, 11) is 0. The average Bonchev–Trinajstić information content (AvgIpc) is 3.10. The van der Waals surface area contributed by atoms with Crippen LogP contribution in [0.3, 0.4) is 0 Å². The summed E-state index contributed by atoms with van der Waals surface area (Å²) in [4.78, 5) is 22.6. The number of carbonyl (C=O) groups excluding carboxylic acids is 1. The van der Waals surface area contributed by atoms with Crippen LogP contribution in [0.2, 0.25) is 0 Å². The summed E-state index contributed by atoms with van der Waals surface area (Å²) in [5.41, 5.74) is 0.884. The Hall–Kier alpha value is -0.980. The van der Waals surface area contributed by atoms with Crippen molar-refractivity contribution in [3.8, 4) is 0 Å². The van der Waals surface area contributed by atoms with E-state index in [0.717, 1.165) is 61.4 Å². The predicted molar refractivity (Wildman–Crippen MR) is 87.5 cm³/mol. The van der Waals surface area contributed by atoms with Crippen LogP contribution in [0.5, 0.6) is 0 Å². The highest BCUT2D eigenvalue weighted by Gasteiger charge is 2.37. The summed E-state index contributed by atoms with van der Waals surface area (Å²) in [5.74, 6) is 0.679. The van der Waals surface area contributed by atoms with E-state index in [1.807, 2.05) is 11.8 Å². The summed E-state index contributed by atoms with van der Waals surface area (Å²) in [6.07, 6.45) is 0.894. The maximum absolute atomic E-state index is 12.8. The van der Waals surface area contributed by atoms with Gasteiger partial charge in [-0.1, -0.05) is 13.8 Å². The SMILES string of the molecule is CCc1nc(C)c(C(=O)N2CC(C)C(N3CCOCC3)C2)s1. The van der Waals surface area contributed by atoms with Crippen LogP contribution >= 0.6 is 11.3 Å². The first-order chi connectivity index (χ1) is 10.6. The third-order valence-corrected chi connectivity index (χ3v) is 6.00. The van der Waals surface area contributed by atoms with Gasteiger partial charge in [-0.15, -0.1) is 11.3 Å². The Morgan fingerprint density at radius 1 is 1.36 bits per heavy atom. The number of carbonyl (C=O) groups is 1.